The van der Waals surface area contributed by atoms with Crippen molar-refractivity contribution in [2.75, 3.05) is 52.9 Å². The summed E-state index contributed by atoms with van der Waals surface area (Å²) in [4.78, 5) is 39.8. The Morgan fingerprint density at radius 1 is 0.220 bits per heavy atom. The molecule has 10 heterocycles. The molecule has 0 aliphatic carbocycles. The summed E-state index contributed by atoms with van der Waals surface area (Å²) in [6.07, 6.45) is -96.2. The van der Waals surface area contributed by atoms with Gasteiger partial charge in [-0.05, 0) is 13.8 Å². The van der Waals surface area contributed by atoms with Crippen molar-refractivity contribution in [3.63, 3.8) is 0 Å². The number of hydrogen-bond acceptors (Lipinski definition) is 49. The maximum Gasteiger partial charge on any atom is 0.217 e. The predicted octanol–water partition coefficient (Wildman–Crippen LogP) is -20.3. The zero-order chi connectivity index (χ0) is 86.8. The summed E-state index contributed by atoms with van der Waals surface area (Å²) in [5.74, 6) is -2.97. The van der Waals surface area contributed by atoms with Crippen LogP contribution in [0.5, 0.6) is 0 Å². The maximum atomic E-state index is 13.6. The molecule has 10 rings (SSSR count). The summed E-state index contributed by atoms with van der Waals surface area (Å²) in [6.45, 7) is -3.76. The summed E-state index contributed by atoms with van der Waals surface area (Å²) in [6, 6.07) is -6.01. The highest BCUT2D eigenvalue weighted by molar-refractivity contribution is 5.74. The van der Waals surface area contributed by atoms with Crippen LogP contribution < -0.4 is 16.0 Å². The van der Waals surface area contributed by atoms with Gasteiger partial charge >= 0.3 is 0 Å². The predicted molar refractivity (Wildman–Crippen MR) is 362 cm³/mol. The molecule has 10 aliphatic rings. The molecule has 0 spiro atoms. The molecule has 1 unspecified atom stereocenters. The SMILES string of the molecule is CC(=O)N[C@H]1[C@H](O[C@H]2[C@@H](O)[C@@H](CO)O[C@@H](O[C@H]3[C@H](O)[C@@H](O)C(O)O[C@@H]3CO)[C@@H]2O)O[C@H](CO)[C@@H](O[C@@H]2O[C@H](CO)[C@H](O)[C@H](O[C@@H]3O[C@H](CO)[C@@H](O)[C@H](O[C@@H]4O[C@H](CO)[C@H](O)[C@H](O[C@@H]5O[C@H](CO)[C@@H](O[C@@H]6O[C@@H](C)[C@@H](O)[C@@H](O)[C@@H]6O)[C@H](O[C@@H]6O[C@H](CO)[C@H](O)[C@H](O)[C@H]6O[C@@H]6O[C@@H](C)[C@@H](O)[C@@H](O)[C@@H]6O)[C@H]5NC(C)=O)[C@H]4O)[C@H]3NC(C)=O)[C@H]2O)[C@@H]1O. The third kappa shape index (κ3) is 20.6. The van der Waals surface area contributed by atoms with Crippen molar-refractivity contribution in [1.29, 1.82) is 0 Å². The van der Waals surface area contributed by atoms with Gasteiger partial charge in [-0.2, -0.15) is 0 Å². The highest BCUT2D eigenvalue weighted by Gasteiger charge is 2.63. The molecule has 52 heteroatoms. The fraction of sp³-hybridized carbons (Fsp3) is 0.955. The van der Waals surface area contributed by atoms with E-state index in [4.69, 9.17) is 90.0 Å². The van der Waals surface area contributed by atoms with Crippen LogP contribution in [0, 0.1) is 0 Å². The second kappa shape index (κ2) is 41.8. The molecule has 10 fully saturated rings. The number of amides is 3. The largest absolute Gasteiger partial charge is 0.394 e. The van der Waals surface area contributed by atoms with Crippen LogP contribution in [0.4, 0.5) is 0 Å². The Bertz CT molecular complexity index is 3140. The summed E-state index contributed by atoms with van der Waals surface area (Å²) in [5.41, 5.74) is 0. The minimum atomic E-state index is -2.50. The number of aliphatic hydroxyl groups excluding tert-OH is 27. The number of ether oxygens (including phenoxy) is 19. The monoisotopic (exact) mass is 1730 g/mol. The minimum Gasteiger partial charge on any atom is -0.394 e. The molecule has 0 aromatic heterocycles. The fourth-order valence-electron chi connectivity index (χ4n) is 15.5. The average molecular weight is 1730 g/mol. The zero-order valence-corrected chi connectivity index (χ0v) is 63.6. The van der Waals surface area contributed by atoms with E-state index in [9.17, 15) is 152 Å². The molecular formula is C66H111N3O49. The fourth-order valence-corrected chi connectivity index (χ4v) is 15.5. The van der Waals surface area contributed by atoms with Crippen molar-refractivity contribution in [2.24, 2.45) is 0 Å². The first-order valence-electron chi connectivity index (χ1n) is 37.9. The summed E-state index contributed by atoms with van der Waals surface area (Å²) in [5, 5.41) is 307. The number of nitrogens with one attached hydrogen (secondary N) is 3. The maximum absolute atomic E-state index is 13.6. The third-order valence-electron chi connectivity index (χ3n) is 22.0. The van der Waals surface area contributed by atoms with Gasteiger partial charge < -0.3 is 244 Å². The van der Waals surface area contributed by atoms with Gasteiger partial charge in [-0.25, -0.2) is 0 Å². The molecule has 118 heavy (non-hydrogen) atoms. The average Bonchev–Trinajstić information content (AvgIpc) is 0.765. The van der Waals surface area contributed by atoms with Crippen LogP contribution in [0.15, 0.2) is 0 Å². The van der Waals surface area contributed by atoms with E-state index in [1.54, 1.807) is 0 Å². The molecule has 684 valence electrons. The number of carbonyl (C=O) groups is 3. The Hall–Kier alpha value is -3.43. The van der Waals surface area contributed by atoms with E-state index >= 15 is 0 Å². The molecule has 0 radical (unpaired) electrons. The van der Waals surface area contributed by atoms with Crippen LogP contribution in [0.1, 0.15) is 34.6 Å². The van der Waals surface area contributed by atoms with E-state index in [-0.39, 0.29) is 0 Å². The van der Waals surface area contributed by atoms with Gasteiger partial charge in [0, 0.05) is 20.8 Å². The van der Waals surface area contributed by atoms with E-state index in [1.807, 2.05) is 0 Å². The third-order valence-corrected chi connectivity index (χ3v) is 22.0. The minimum absolute atomic E-state index is 0.909. The molecule has 3 amide bonds. The number of hydrogen-bond donors (Lipinski definition) is 30. The topological polar surface area (TPSA) is 809 Å². The van der Waals surface area contributed by atoms with Gasteiger partial charge in [-0.15, -0.1) is 0 Å². The van der Waals surface area contributed by atoms with E-state index in [0.29, 0.717) is 0 Å². The van der Waals surface area contributed by atoms with Crippen molar-refractivity contribution >= 4 is 17.7 Å². The molecule has 30 N–H and O–H groups in total. The Kier molecular flexibility index (Phi) is 34.3. The van der Waals surface area contributed by atoms with Crippen molar-refractivity contribution in [1.82, 2.24) is 16.0 Å². The van der Waals surface area contributed by atoms with Gasteiger partial charge in [0.1, 0.15) is 232 Å². The lowest BCUT2D eigenvalue weighted by atomic mass is 9.93. The van der Waals surface area contributed by atoms with Gasteiger partial charge in [0.25, 0.3) is 0 Å². The molecule has 0 saturated carbocycles. The quantitative estimate of drug-likeness (QED) is 0.0331. The normalized spacial score (nSPS) is 51.1. The van der Waals surface area contributed by atoms with Gasteiger partial charge in [-0.1, -0.05) is 0 Å². The van der Waals surface area contributed by atoms with E-state index in [2.05, 4.69) is 16.0 Å². The molecule has 52 nitrogen and oxygen atoms in total. The molecule has 0 bridgehead atoms. The Labute approximate surface area is 668 Å². The smallest absolute Gasteiger partial charge is 0.217 e. The summed E-state index contributed by atoms with van der Waals surface area (Å²) < 4.78 is 113. The standard InChI is InChI=1S/C66H111N3O49/c1-14-30(81)38(89)43(94)61(100-14)112-50-26(13-77)109-60(29(69-18(5)80)52(50)114-66-56(40(91)32(83)19(6-70)107-66)118-62-44(95)39(90)31(82)15(2)101-62)117-55-36(87)23(10-74)106-65(47(55)98)113-51-28(68-17(4)79)59(103-20(7-71)33(51)84)116-54-35(86)22(9-73)104-63(46(54)97)110-48-25(12-76)108-58(27(37(48)88)67-16(3)78)115-53-34(85)21(8-72)105-64(45(53)96)111-49-24(11-75)102-57(99)42(93)41(49)92/h14-15,19-66,70-77,81-99H,6-13H2,1-5H3,(H,67,78)(H,68,79)(H,69,80)/t14-,15-,19+,20+,21+,22+,23+,24+,25+,26+,27+,28+,29+,30+,31+,32-,33+,34-,35-,36-,37+,38+,39+,40-,41+,42+,43-,44-,45+,46+,47+,48+,49+,50+,51+,52+,53-,54-,55-,56+,57?,58-,59-,60-,61-,62-,63-,64-,65-,66-/m0/s1. The van der Waals surface area contributed by atoms with Crippen LogP contribution in [-0.2, 0) is 104 Å². The number of aliphatic hydroxyl groups is 27. The van der Waals surface area contributed by atoms with Crippen LogP contribution in [-0.4, -0.2) is 515 Å². The molecule has 0 aromatic rings. The molecule has 50 atom stereocenters. The van der Waals surface area contributed by atoms with Gasteiger partial charge in [0.2, 0.25) is 17.7 Å². The first-order chi connectivity index (χ1) is 55.8. The second-order valence-corrected chi connectivity index (χ2v) is 30.2. The Morgan fingerprint density at radius 2 is 0.483 bits per heavy atom. The van der Waals surface area contributed by atoms with Crippen molar-refractivity contribution < 1.29 is 242 Å². The van der Waals surface area contributed by atoms with Crippen molar-refractivity contribution in [2.45, 2.75) is 341 Å². The molecule has 0 aromatic carbocycles. The summed E-state index contributed by atoms with van der Waals surface area (Å²) in [7, 11) is 0. The lowest BCUT2D eigenvalue weighted by Crippen LogP contribution is -2.72. The van der Waals surface area contributed by atoms with Crippen LogP contribution in [0.3, 0.4) is 0 Å². The second-order valence-electron chi connectivity index (χ2n) is 30.2. The first-order valence-corrected chi connectivity index (χ1v) is 37.9. The van der Waals surface area contributed by atoms with Crippen molar-refractivity contribution in [3.05, 3.63) is 0 Å². The van der Waals surface area contributed by atoms with E-state index in [1.165, 1.54) is 13.8 Å². The Morgan fingerprint density at radius 3 is 0.881 bits per heavy atom. The highest BCUT2D eigenvalue weighted by atomic mass is 16.8. The van der Waals surface area contributed by atoms with Gasteiger partial charge in [0.05, 0.1) is 65.1 Å². The first kappa shape index (κ1) is 96.8. The van der Waals surface area contributed by atoms with Crippen LogP contribution >= 0.6 is 0 Å². The highest BCUT2D eigenvalue weighted by Crippen LogP contribution is 2.42. The van der Waals surface area contributed by atoms with E-state index in [0.717, 1.165) is 20.8 Å². The van der Waals surface area contributed by atoms with E-state index < -0.39 is 377 Å². The number of carbonyl (C=O) groups excluding carboxylic acids is 3. The molecule has 10 aliphatic heterocycles. The van der Waals surface area contributed by atoms with Crippen LogP contribution in [0.25, 0.3) is 0 Å². The lowest BCUT2D eigenvalue weighted by Gasteiger charge is -2.52. The van der Waals surface area contributed by atoms with Gasteiger partial charge in [-0.3, -0.25) is 14.4 Å². The summed E-state index contributed by atoms with van der Waals surface area (Å²) >= 11 is 0. The van der Waals surface area contributed by atoms with Crippen LogP contribution in [0.2, 0.25) is 0 Å². The Balaban J connectivity index is 0.913. The van der Waals surface area contributed by atoms with Crippen molar-refractivity contribution in [3.8, 4) is 0 Å². The molecular weight excluding hydrogens is 1620 g/mol. The lowest BCUT2D eigenvalue weighted by molar-refractivity contribution is -0.400. The molecule has 10 saturated heterocycles. The zero-order valence-electron chi connectivity index (χ0n) is 63.6. The number of rotatable bonds is 29. The van der Waals surface area contributed by atoms with Gasteiger partial charge in [0.15, 0.2) is 62.9 Å².